The van der Waals surface area contributed by atoms with Crippen LogP contribution in [0.1, 0.15) is 23.2 Å². The van der Waals surface area contributed by atoms with Gasteiger partial charge in [0.2, 0.25) is 0 Å². The van der Waals surface area contributed by atoms with Crippen LogP contribution in [-0.2, 0) is 0 Å². The SMILES string of the molecule is COc1cccc(OC)c1C(=O)NC1(CO)CC1. The molecule has 0 heterocycles. The van der Waals surface area contributed by atoms with Crippen molar-refractivity contribution < 1.29 is 19.4 Å². The second-order valence-electron chi connectivity index (χ2n) is 4.43. The van der Waals surface area contributed by atoms with Gasteiger partial charge in [0.25, 0.3) is 5.91 Å². The van der Waals surface area contributed by atoms with Crippen molar-refractivity contribution in [1.29, 1.82) is 0 Å². The van der Waals surface area contributed by atoms with E-state index in [1.165, 1.54) is 14.2 Å². The predicted octanol–water partition coefficient (Wildman–Crippen LogP) is 0.958. The quantitative estimate of drug-likeness (QED) is 0.818. The van der Waals surface area contributed by atoms with Gasteiger partial charge in [0, 0.05) is 0 Å². The van der Waals surface area contributed by atoms with Crippen LogP contribution in [0, 0.1) is 0 Å². The van der Waals surface area contributed by atoms with Gasteiger partial charge in [0.05, 0.1) is 26.4 Å². The summed E-state index contributed by atoms with van der Waals surface area (Å²) in [6.45, 7) is -0.0454. The number of hydrogen-bond donors (Lipinski definition) is 2. The number of aliphatic hydroxyl groups excluding tert-OH is 1. The zero-order chi connectivity index (χ0) is 13.2. The maximum absolute atomic E-state index is 12.2. The van der Waals surface area contributed by atoms with Crippen LogP contribution in [0.3, 0.4) is 0 Å². The van der Waals surface area contributed by atoms with Gasteiger partial charge in [-0.3, -0.25) is 4.79 Å². The molecule has 0 radical (unpaired) electrons. The molecule has 1 aliphatic rings. The Balaban J connectivity index is 2.28. The van der Waals surface area contributed by atoms with E-state index in [0.717, 1.165) is 12.8 Å². The first-order chi connectivity index (χ1) is 8.65. The summed E-state index contributed by atoms with van der Waals surface area (Å²) in [7, 11) is 3.01. The van der Waals surface area contributed by atoms with Gasteiger partial charge < -0.3 is 19.9 Å². The normalized spacial score (nSPS) is 15.9. The van der Waals surface area contributed by atoms with Gasteiger partial charge in [-0.25, -0.2) is 0 Å². The third-order valence-corrected chi connectivity index (χ3v) is 3.19. The molecule has 18 heavy (non-hydrogen) atoms. The highest BCUT2D eigenvalue weighted by molar-refractivity contribution is 6.00. The maximum atomic E-state index is 12.2. The topological polar surface area (TPSA) is 67.8 Å². The van der Waals surface area contributed by atoms with E-state index in [2.05, 4.69) is 5.32 Å². The molecule has 1 aromatic rings. The number of aliphatic hydroxyl groups is 1. The lowest BCUT2D eigenvalue weighted by Crippen LogP contribution is -2.39. The molecule has 1 aliphatic carbocycles. The fourth-order valence-electron chi connectivity index (χ4n) is 1.85. The monoisotopic (exact) mass is 251 g/mol. The minimum absolute atomic E-state index is 0.0454. The second kappa shape index (κ2) is 4.86. The summed E-state index contributed by atoms with van der Waals surface area (Å²) in [4.78, 5) is 12.2. The number of ether oxygens (including phenoxy) is 2. The average molecular weight is 251 g/mol. The van der Waals surface area contributed by atoms with Crippen LogP contribution in [0.2, 0.25) is 0 Å². The van der Waals surface area contributed by atoms with E-state index in [1.807, 2.05) is 0 Å². The summed E-state index contributed by atoms with van der Waals surface area (Å²) in [6, 6.07) is 5.17. The Morgan fingerprint density at radius 3 is 2.28 bits per heavy atom. The van der Waals surface area contributed by atoms with Gasteiger partial charge in [0.15, 0.2) is 0 Å². The number of nitrogens with one attached hydrogen (secondary N) is 1. The van der Waals surface area contributed by atoms with E-state index in [4.69, 9.17) is 9.47 Å². The lowest BCUT2D eigenvalue weighted by Gasteiger charge is -2.17. The molecule has 0 spiro atoms. The van der Waals surface area contributed by atoms with Gasteiger partial charge in [-0.05, 0) is 25.0 Å². The molecule has 2 N–H and O–H groups in total. The fraction of sp³-hybridized carbons (Fsp3) is 0.462. The molecule has 0 unspecified atom stereocenters. The zero-order valence-electron chi connectivity index (χ0n) is 10.5. The van der Waals surface area contributed by atoms with Crippen molar-refractivity contribution in [2.45, 2.75) is 18.4 Å². The van der Waals surface area contributed by atoms with Gasteiger partial charge in [-0.1, -0.05) is 6.07 Å². The van der Waals surface area contributed by atoms with Crippen molar-refractivity contribution in [3.63, 3.8) is 0 Å². The van der Waals surface area contributed by atoms with Gasteiger partial charge in [-0.15, -0.1) is 0 Å². The van der Waals surface area contributed by atoms with Crippen LogP contribution in [-0.4, -0.2) is 37.4 Å². The van der Waals surface area contributed by atoms with Crippen molar-refractivity contribution in [3.8, 4) is 11.5 Å². The highest BCUT2D eigenvalue weighted by atomic mass is 16.5. The Kier molecular flexibility index (Phi) is 3.43. The molecule has 1 amide bonds. The third kappa shape index (κ3) is 2.26. The van der Waals surface area contributed by atoms with Crippen molar-refractivity contribution in [2.75, 3.05) is 20.8 Å². The van der Waals surface area contributed by atoms with Crippen LogP contribution in [0.5, 0.6) is 11.5 Å². The predicted molar refractivity (Wildman–Crippen MR) is 66.1 cm³/mol. The van der Waals surface area contributed by atoms with Crippen LogP contribution in [0.25, 0.3) is 0 Å². The molecule has 1 fully saturated rings. The molecule has 5 heteroatoms. The minimum atomic E-state index is -0.455. The maximum Gasteiger partial charge on any atom is 0.259 e. The van der Waals surface area contributed by atoms with E-state index < -0.39 is 5.54 Å². The van der Waals surface area contributed by atoms with Crippen molar-refractivity contribution in [1.82, 2.24) is 5.32 Å². The number of hydrogen-bond acceptors (Lipinski definition) is 4. The van der Waals surface area contributed by atoms with Crippen LogP contribution in [0.15, 0.2) is 18.2 Å². The molecule has 0 aliphatic heterocycles. The number of methoxy groups -OCH3 is 2. The summed E-state index contributed by atoms with van der Waals surface area (Å²) in [5.41, 5.74) is -0.0922. The Morgan fingerprint density at radius 2 is 1.89 bits per heavy atom. The molecule has 0 aromatic heterocycles. The summed E-state index contributed by atoms with van der Waals surface area (Å²) >= 11 is 0. The van der Waals surface area contributed by atoms with E-state index in [9.17, 15) is 9.90 Å². The second-order valence-corrected chi connectivity index (χ2v) is 4.43. The van der Waals surface area contributed by atoms with Crippen LogP contribution >= 0.6 is 0 Å². The molecule has 5 nitrogen and oxygen atoms in total. The molecule has 1 saturated carbocycles. The minimum Gasteiger partial charge on any atom is -0.496 e. The first-order valence-electron chi connectivity index (χ1n) is 5.80. The van der Waals surface area contributed by atoms with Crippen LogP contribution in [0.4, 0.5) is 0 Å². The first-order valence-corrected chi connectivity index (χ1v) is 5.80. The molecular weight excluding hydrogens is 234 g/mol. The molecular formula is C13H17NO4. The average Bonchev–Trinajstić information content (AvgIpc) is 3.17. The number of rotatable bonds is 5. The lowest BCUT2D eigenvalue weighted by molar-refractivity contribution is 0.0900. The zero-order valence-corrected chi connectivity index (χ0v) is 10.5. The molecule has 2 rings (SSSR count). The molecule has 0 atom stereocenters. The molecule has 0 bridgehead atoms. The Bertz CT molecular complexity index is 432. The van der Waals surface area contributed by atoms with Gasteiger partial charge in [-0.2, -0.15) is 0 Å². The lowest BCUT2D eigenvalue weighted by atomic mass is 10.1. The Labute approximate surface area is 106 Å². The number of carbonyl (C=O) groups is 1. The molecule has 98 valence electrons. The highest BCUT2D eigenvalue weighted by Crippen LogP contribution is 2.36. The van der Waals surface area contributed by atoms with E-state index in [1.54, 1.807) is 18.2 Å². The number of carbonyl (C=O) groups excluding carboxylic acids is 1. The fourth-order valence-corrected chi connectivity index (χ4v) is 1.85. The van der Waals surface area contributed by atoms with Crippen molar-refractivity contribution >= 4 is 5.91 Å². The highest BCUT2D eigenvalue weighted by Gasteiger charge is 2.44. The first kappa shape index (κ1) is 12.7. The van der Waals surface area contributed by atoms with Crippen LogP contribution < -0.4 is 14.8 Å². The summed E-state index contributed by atoms with van der Waals surface area (Å²) in [5.74, 6) is 0.636. The molecule has 1 aromatic carbocycles. The van der Waals surface area contributed by atoms with Crippen molar-refractivity contribution in [3.05, 3.63) is 23.8 Å². The third-order valence-electron chi connectivity index (χ3n) is 3.19. The van der Waals surface area contributed by atoms with Gasteiger partial charge in [0.1, 0.15) is 17.1 Å². The summed E-state index contributed by atoms with van der Waals surface area (Å²) in [6.07, 6.45) is 1.60. The molecule has 0 saturated heterocycles. The summed E-state index contributed by atoms with van der Waals surface area (Å²) < 4.78 is 10.3. The van der Waals surface area contributed by atoms with Crippen molar-refractivity contribution in [2.24, 2.45) is 0 Å². The number of benzene rings is 1. The Hall–Kier alpha value is -1.75. The van der Waals surface area contributed by atoms with E-state index >= 15 is 0 Å². The van der Waals surface area contributed by atoms with E-state index in [-0.39, 0.29) is 12.5 Å². The summed E-state index contributed by atoms with van der Waals surface area (Å²) in [5, 5.41) is 12.1. The smallest absolute Gasteiger partial charge is 0.259 e. The Morgan fingerprint density at radius 1 is 1.33 bits per heavy atom. The number of amides is 1. The largest absolute Gasteiger partial charge is 0.496 e. The standard InChI is InChI=1S/C13H17NO4/c1-17-9-4-3-5-10(18-2)11(9)12(16)14-13(8-15)6-7-13/h3-5,15H,6-8H2,1-2H3,(H,14,16). The van der Waals surface area contributed by atoms with Gasteiger partial charge >= 0.3 is 0 Å². The van der Waals surface area contributed by atoms with E-state index in [0.29, 0.717) is 17.1 Å².